The molecule has 0 amide bonds. The van der Waals surface area contributed by atoms with Crippen LogP contribution >= 0.6 is 11.3 Å². The summed E-state index contributed by atoms with van der Waals surface area (Å²) in [7, 11) is 0. The zero-order valence-corrected chi connectivity index (χ0v) is 11.1. The second kappa shape index (κ2) is 4.21. The van der Waals surface area contributed by atoms with E-state index in [1.54, 1.807) is 0 Å². The van der Waals surface area contributed by atoms with Crippen LogP contribution in [0.25, 0.3) is 11.3 Å². The smallest absolute Gasteiger partial charge is 0.108 e. The molecule has 4 heteroatoms. The third-order valence-electron chi connectivity index (χ3n) is 3.80. The summed E-state index contributed by atoms with van der Waals surface area (Å²) >= 11 is 1.86. The van der Waals surface area contributed by atoms with Crippen LogP contribution in [-0.2, 0) is 19.3 Å². The van der Waals surface area contributed by atoms with E-state index < -0.39 is 0 Å². The van der Waals surface area contributed by atoms with Crippen molar-refractivity contribution in [1.29, 1.82) is 0 Å². The van der Waals surface area contributed by atoms with Gasteiger partial charge in [0.1, 0.15) is 5.82 Å². The summed E-state index contributed by atoms with van der Waals surface area (Å²) in [6.07, 6.45) is 6.01. The van der Waals surface area contributed by atoms with Gasteiger partial charge in [-0.3, -0.25) is 0 Å². The van der Waals surface area contributed by atoms with Crippen molar-refractivity contribution in [2.24, 2.45) is 0 Å². The zero-order chi connectivity index (χ0) is 11.9. The quantitative estimate of drug-likeness (QED) is 0.886. The lowest BCUT2D eigenvalue weighted by molar-refractivity contribution is 0.669. The third kappa shape index (κ3) is 1.89. The minimum Gasteiger partial charge on any atom is -0.345 e. The first-order valence-electron chi connectivity index (χ1n) is 6.78. The highest BCUT2D eigenvalue weighted by Crippen LogP contribution is 2.35. The molecule has 3 nitrogen and oxygen atoms in total. The van der Waals surface area contributed by atoms with Gasteiger partial charge < -0.3 is 10.3 Å². The van der Waals surface area contributed by atoms with Crippen LogP contribution in [0.4, 0.5) is 0 Å². The fourth-order valence-electron chi connectivity index (χ4n) is 2.65. The molecule has 0 unspecified atom stereocenters. The first-order valence-corrected chi connectivity index (χ1v) is 7.66. The van der Waals surface area contributed by atoms with Crippen molar-refractivity contribution in [2.75, 3.05) is 6.54 Å². The van der Waals surface area contributed by atoms with Gasteiger partial charge in [-0.15, -0.1) is 11.3 Å². The maximum atomic E-state index is 4.79. The number of hydrogen-bond acceptors (Lipinski definition) is 3. The normalized spacial score (nSPS) is 17.6. The van der Waals surface area contributed by atoms with Crippen LogP contribution in [-0.4, -0.2) is 22.6 Å². The summed E-state index contributed by atoms with van der Waals surface area (Å²) in [5, 5.41) is 5.72. The van der Waals surface area contributed by atoms with E-state index in [0.29, 0.717) is 0 Å². The summed E-state index contributed by atoms with van der Waals surface area (Å²) in [4.78, 5) is 9.80. The van der Waals surface area contributed by atoms with Gasteiger partial charge >= 0.3 is 0 Å². The number of rotatable bonds is 4. The molecule has 2 heterocycles. The summed E-state index contributed by atoms with van der Waals surface area (Å²) in [6.45, 7) is 1.05. The van der Waals surface area contributed by atoms with Crippen molar-refractivity contribution in [3.8, 4) is 11.3 Å². The van der Waals surface area contributed by atoms with Gasteiger partial charge in [0.2, 0.25) is 0 Å². The molecule has 0 atom stereocenters. The molecule has 0 bridgehead atoms. The highest BCUT2D eigenvalue weighted by atomic mass is 32.1. The van der Waals surface area contributed by atoms with Crippen LogP contribution in [0.2, 0.25) is 0 Å². The molecule has 18 heavy (non-hydrogen) atoms. The number of aromatic amines is 1. The lowest BCUT2D eigenvalue weighted by atomic mass is 10.0. The second-order valence-electron chi connectivity index (χ2n) is 5.25. The molecule has 2 aliphatic rings. The van der Waals surface area contributed by atoms with Gasteiger partial charge in [-0.05, 0) is 37.1 Å². The Bertz CT molecular complexity index is 565. The van der Waals surface area contributed by atoms with E-state index >= 15 is 0 Å². The number of thiophene rings is 1. The molecule has 0 radical (unpaired) electrons. The number of aromatic nitrogens is 2. The Hall–Kier alpha value is -1.13. The number of nitrogens with one attached hydrogen (secondary N) is 2. The molecule has 1 saturated carbocycles. The van der Waals surface area contributed by atoms with E-state index in [-0.39, 0.29) is 0 Å². The predicted molar refractivity (Wildman–Crippen MR) is 74.0 cm³/mol. The minimum atomic E-state index is 0.790. The van der Waals surface area contributed by atoms with Gasteiger partial charge in [-0.1, -0.05) is 0 Å². The van der Waals surface area contributed by atoms with Gasteiger partial charge in [0, 0.05) is 35.1 Å². The van der Waals surface area contributed by atoms with Crippen molar-refractivity contribution < 1.29 is 0 Å². The van der Waals surface area contributed by atoms with Gasteiger partial charge in [0.05, 0.1) is 5.69 Å². The van der Waals surface area contributed by atoms with Gasteiger partial charge in [0.25, 0.3) is 0 Å². The summed E-state index contributed by atoms with van der Waals surface area (Å²) in [5.41, 5.74) is 3.90. The van der Waals surface area contributed by atoms with Crippen LogP contribution in [0.3, 0.4) is 0 Å². The van der Waals surface area contributed by atoms with E-state index in [4.69, 9.17) is 4.98 Å². The molecule has 4 rings (SSSR count). The van der Waals surface area contributed by atoms with Crippen molar-refractivity contribution >= 4 is 11.3 Å². The topological polar surface area (TPSA) is 40.7 Å². The molecule has 2 aliphatic carbocycles. The van der Waals surface area contributed by atoms with Crippen molar-refractivity contribution in [3.05, 3.63) is 27.8 Å². The highest BCUT2D eigenvalue weighted by Gasteiger charge is 2.22. The van der Waals surface area contributed by atoms with Crippen LogP contribution in [0.1, 0.15) is 29.2 Å². The number of hydrogen-bond donors (Lipinski definition) is 2. The second-order valence-corrected chi connectivity index (χ2v) is 6.25. The predicted octanol–water partition coefficient (Wildman–Crippen LogP) is 2.53. The molecule has 94 valence electrons. The van der Waals surface area contributed by atoms with E-state index in [0.717, 1.165) is 31.3 Å². The fourth-order valence-corrected chi connectivity index (χ4v) is 3.53. The number of fused-ring (bicyclic) bond motifs is 3. The van der Waals surface area contributed by atoms with Crippen LogP contribution in [0.15, 0.2) is 11.4 Å². The van der Waals surface area contributed by atoms with Crippen LogP contribution < -0.4 is 5.32 Å². The first-order chi connectivity index (χ1) is 8.90. The van der Waals surface area contributed by atoms with Crippen LogP contribution in [0.5, 0.6) is 0 Å². The highest BCUT2D eigenvalue weighted by molar-refractivity contribution is 7.10. The Morgan fingerprint density at radius 3 is 3.22 bits per heavy atom. The lowest BCUT2D eigenvalue weighted by Gasteiger charge is -2.09. The monoisotopic (exact) mass is 259 g/mol. The maximum absolute atomic E-state index is 4.79. The fraction of sp³-hybridized carbons (Fsp3) is 0.500. The first kappa shape index (κ1) is 10.8. The van der Waals surface area contributed by atoms with E-state index in [2.05, 4.69) is 21.7 Å². The summed E-state index contributed by atoms with van der Waals surface area (Å²) in [6, 6.07) is 3.00. The van der Waals surface area contributed by atoms with Crippen molar-refractivity contribution in [2.45, 2.75) is 38.1 Å². The summed E-state index contributed by atoms with van der Waals surface area (Å²) in [5.74, 6) is 1.15. The molecule has 0 spiro atoms. The number of imidazole rings is 1. The van der Waals surface area contributed by atoms with Gasteiger partial charge in [0.15, 0.2) is 0 Å². The van der Waals surface area contributed by atoms with E-state index in [1.165, 1.54) is 41.1 Å². The van der Waals surface area contributed by atoms with Crippen molar-refractivity contribution in [1.82, 2.24) is 15.3 Å². The molecule has 0 saturated heterocycles. The number of H-pyrrole nitrogens is 1. The van der Waals surface area contributed by atoms with E-state index in [9.17, 15) is 0 Å². The van der Waals surface area contributed by atoms with E-state index in [1.807, 2.05) is 11.3 Å². The molecule has 2 aromatic heterocycles. The average Bonchev–Trinajstić information content (AvgIpc) is 2.91. The average molecular weight is 259 g/mol. The number of nitrogens with zero attached hydrogens (tertiary/aromatic N) is 1. The maximum Gasteiger partial charge on any atom is 0.108 e. The number of aryl methyl sites for hydroxylation is 2. The lowest BCUT2D eigenvalue weighted by Crippen LogP contribution is -2.19. The molecule has 2 aromatic rings. The Morgan fingerprint density at radius 1 is 1.39 bits per heavy atom. The molecular formula is C14H17N3S. The Balaban J connectivity index is 1.53. The standard InChI is InChI=1S/C14H17N3S/c1-2-9(1)15-7-5-13-16-11-3-4-12-10(6-8-18-12)14(11)17-13/h6,8-9,15H,1-5,7H2,(H,16,17). The Morgan fingerprint density at radius 2 is 2.33 bits per heavy atom. The largest absolute Gasteiger partial charge is 0.345 e. The SMILES string of the molecule is c1cc2c(s1)CCc1[nH]c(CCNC3CC3)nc1-2. The minimum absolute atomic E-state index is 0.790. The molecule has 1 fully saturated rings. The summed E-state index contributed by atoms with van der Waals surface area (Å²) < 4.78 is 0. The van der Waals surface area contributed by atoms with Crippen LogP contribution in [0, 0.1) is 0 Å². The Labute approximate surface area is 111 Å². The van der Waals surface area contributed by atoms with Crippen molar-refractivity contribution in [3.63, 3.8) is 0 Å². The molecular weight excluding hydrogens is 242 g/mol. The third-order valence-corrected chi connectivity index (χ3v) is 4.78. The molecule has 0 aromatic carbocycles. The zero-order valence-electron chi connectivity index (χ0n) is 10.3. The molecule has 0 aliphatic heterocycles. The van der Waals surface area contributed by atoms with Gasteiger partial charge in [-0.2, -0.15) is 0 Å². The van der Waals surface area contributed by atoms with Gasteiger partial charge in [-0.25, -0.2) is 4.98 Å². The molecule has 2 N–H and O–H groups in total. The Kier molecular flexibility index (Phi) is 2.52.